The summed E-state index contributed by atoms with van der Waals surface area (Å²) in [5.74, 6) is -1.21. The number of benzene rings is 2. The minimum atomic E-state index is -1.08. The fourth-order valence-electron chi connectivity index (χ4n) is 3.52. The normalized spacial score (nSPS) is 17.2. The molecule has 1 fully saturated rings. The molecular formula is C28H32N2O5. The highest BCUT2D eigenvalue weighted by atomic mass is 16.6. The maximum absolute atomic E-state index is 13.1. The van der Waals surface area contributed by atoms with Crippen molar-refractivity contribution in [1.82, 2.24) is 4.90 Å². The summed E-state index contributed by atoms with van der Waals surface area (Å²) in [6.07, 6.45) is 4.41. The van der Waals surface area contributed by atoms with Crippen LogP contribution in [0.4, 0.5) is 10.5 Å². The van der Waals surface area contributed by atoms with Crippen molar-refractivity contribution in [2.45, 2.75) is 45.4 Å². The van der Waals surface area contributed by atoms with Gasteiger partial charge in [-0.1, -0.05) is 60.7 Å². The van der Waals surface area contributed by atoms with Crippen LogP contribution in [-0.2, 0) is 25.7 Å². The molecule has 7 heteroatoms. The first-order valence-corrected chi connectivity index (χ1v) is 11.5. The van der Waals surface area contributed by atoms with Crippen LogP contribution in [0.3, 0.4) is 0 Å². The van der Waals surface area contributed by atoms with E-state index < -0.39 is 29.6 Å². The fraction of sp³-hybridized carbons (Fsp3) is 0.321. The molecule has 1 heterocycles. The van der Waals surface area contributed by atoms with Crippen molar-refractivity contribution in [1.29, 1.82) is 0 Å². The molecular weight excluding hydrogens is 444 g/mol. The average molecular weight is 477 g/mol. The van der Waals surface area contributed by atoms with Crippen LogP contribution in [0.2, 0.25) is 0 Å². The first kappa shape index (κ1) is 25.7. The second kappa shape index (κ2) is 11.0. The Hall–Kier alpha value is -3.87. The van der Waals surface area contributed by atoms with Gasteiger partial charge in [0.2, 0.25) is 0 Å². The van der Waals surface area contributed by atoms with Crippen molar-refractivity contribution in [3.63, 3.8) is 0 Å². The van der Waals surface area contributed by atoms with Crippen LogP contribution in [0.5, 0.6) is 0 Å². The van der Waals surface area contributed by atoms with Crippen LogP contribution in [-0.4, -0.2) is 48.6 Å². The van der Waals surface area contributed by atoms with Crippen LogP contribution in [0.25, 0.3) is 6.08 Å². The van der Waals surface area contributed by atoms with Crippen LogP contribution in [0.1, 0.15) is 38.3 Å². The second-order valence-electron chi connectivity index (χ2n) is 9.51. The summed E-state index contributed by atoms with van der Waals surface area (Å²) in [6.45, 7) is 5.16. The van der Waals surface area contributed by atoms with E-state index in [-0.39, 0.29) is 13.0 Å². The zero-order valence-corrected chi connectivity index (χ0v) is 20.9. The first-order valence-electron chi connectivity index (χ1n) is 11.5. The molecule has 0 spiro atoms. The standard InChI is InChI=1S/C28H32N2O5/c1-28(2,3)35-27(33)30-24(26(32)34-19-21-10-7-6-8-11-21)18-22(25(30)31)13-9-12-20-14-16-23(17-15-20)29(4)5/h6-17,24H,18-19H2,1-5H3/b12-9+,22-13+/t24-/m0/s1. The van der Waals surface area contributed by atoms with E-state index in [1.807, 2.05) is 79.7 Å². The number of rotatable bonds is 6. The molecule has 1 aliphatic heterocycles. The van der Waals surface area contributed by atoms with Crippen molar-refractivity contribution >= 4 is 29.7 Å². The highest BCUT2D eigenvalue weighted by molar-refractivity contribution is 6.09. The highest BCUT2D eigenvalue weighted by Gasteiger charge is 2.46. The Balaban J connectivity index is 1.78. The van der Waals surface area contributed by atoms with Gasteiger partial charge in [0, 0.05) is 31.8 Å². The van der Waals surface area contributed by atoms with Gasteiger partial charge in [-0.3, -0.25) is 4.79 Å². The van der Waals surface area contributed by atoms with E-state index in [0.717, 1.165) is 21.7 Å². The molecule has 0 radical (unpaired) electrons. The van der Waals surface area contributed by atoms with E-state index in [4.69, 9.17) is 9.47 Å². The second-order valence-corrected chi connectivity index (χ2v) is 9.51. The molecule has 0 saturated carbocycles. The molecule has 2 amide bonds. The molecule has 184 valence electrons. The summed E-state index contributed by atoms with van der Waals surface area (Å²) >= 11 is 0. The predicted molar refractivity (Wildman–Crippen MR) is 136 cm³/mol. The highest BCUT2D eigenvalue weighted by Crippen LogP contribution is 2.28. The van der Waals surface area contributed by atoms with Crippen LogP contribution in [0.15, 0.2) is 72.3 Å². The van der Waals surface area contributed by atoms with Crippen LogP contribution in [0, 0.1) is 0 Å². The quantitative estimate of drug-likeness (QED) is 0.433. The lowest BCUT2D eigenvalue weighted by molar-refractivity contribution is -0.152. The zero-order valence-electron chi connectivity index (χ0n) is 20.9. The van der Waals surface area contributed by atoms with Gasteiger partial charge >= 0.3 is 12.1 Å². The number of nitrogens with zero attached hydrogens (tertiary/aromatic N) is 2. The van der Waals surface area contributed by atoms with Crippen molar-refractivity contribution in [3.05, 3.63) is 83.4 Å². The smallest absolute Gasteiger partial charge is 0.418 e. The minimum absolute atomic E-state index is 0.0500. The number of allylic oxidation sites excluding steroid dienone is 2. The van der Waals surface area contributed by atoms with E-state index in [2.05, 4.69) is 0 Å². The lowest BCUT2D eigenvalue weighted by Crippen LogP contribution is -2.46. The molecule has 2 aromatic carbocycles. The number of anilines is 1. The number of likely N-dealkylation sites (tertiary alicyclic amines) is 1. The maximum atomic E-state index is 13.1. The number of imide groups is 1. The van der Waals surface area contributed by atoms with Gasteiger partial charge in [-0.2, -0.15) is 0 Å². The monoisotopic (exact) mass is 476 g/mol. The number of esters is 1. The third-order valence-corrected chi connectivity index (χ3v) is 5.30. The summed E-state index contributed by atoms with van der Waals surface area (Å²) < 4.78 is 10.8. The number of ether oxygens (including phenoxy) is 2. The predicted octanol–water partition coefficient (Wildman–Crippen LogP) is 4.97. The van der Waals surface area contributed by atoms with E-state index in [1.54, 1.807) is 32.9 Å². The third-order valence-electron chi connectivity index (χ3n) is 5.30. The lowest BCUT2D eigenvalue weighted by Gasteiger charge is -2.26. The van der Waals surface area contributed by atoms with Gasteiger partial charge in [0.1, 0.15) is 18.2 Å². The Kier molecular flexibility index (Phi) is 8.12. The van der Waals surface area contributed by atoms with E-state index in [0.29, 0.717) is 5.57 Å². The van der Waals surface area contributed by atoms with Gasteiger partial charge in [-0.05, 0) is 44.0 Å². The number of carbonyl (C=O) groups is 3. The summed E-state index contributed by atoms with van der Waals surface area (Å²) in [7, 11) is 3.94. The number of hydrogen-bond acceptors (Lipinski definition) is 6. The molecule has 0 aromatic heterocycles. The van der Waals surface area contributed by atoms with E-state index >= 15 is 0 Å². The summed E-state index contributed by atoms with van der Waals surface area (Å²) in [4.78, 5) is 41.7. The minimum Gasteiger partial charge on any atom is -0.459 e. The van der Waals surface area contributed by atoms with E-state index in [1.165, 1.54) is 0 Å². The molecule has 3 rings (SSSR count). The summed E-state index contributed by atoms with van der Waals surface area (Å²) in [6, 6.07) is 16.1. The fourth-order valence-corrected chi connectivity index (χ4v) is 3.52. The SMILES string of the molecule is CN(C)c1ccc(/C=C/C=C2\C[C@@H](C(=O)OCc3ccccc3)N(C(=O)OC(C)(C)C)C2=O)cc1. The Labute approximate surface area is 206 Å². The molecule has 0 aliphatic carbocycles. The maximum Gasteiger partial charge on any atom is 0.418 e. The Bertz CT molecular complexity index is 1110. The molecule has 1 aliphatic rings. The Morgan fingerprint density at radius 2 is 1.71 bits per heavy atom. The zero-order chi connectivity index (χ0) is 25.6. The lowest BCUT2D eigenvalue weighted by atomic mass is 10.1. The first-order chi connectivity index (χ1) is 16.5. The molecule has 1 saturated heterocycles. The Morgan fingerprint density at radius 1 is 1.06 bits per heavy atom. The van der Waals surface area contributed by atoms with Gasteiger partial charge in [0.25, 0.3) is 5.91 Å². The molecule has 0 unspecified atom stereocenters. The topological polar surface area (TPSA) is 76.2 Å². The summed E-state index contributed by atoms with van der Waals surface area (Å²) in [5.41, 5.74) is 2.37. The average Bonchev–Trinajstić information content (AvgIpc) is 3.14. The largest absolute Gasteiger partial charge is 0.459 e. The number of carbonyl (C=O) groups excluding carboxylic acids is 3. The van der Waals surface area contributed by atoms with Crippen LogP contribution < -0.4 is 4.90 Å². The van der Waals surface area contributed by atoms with Gasteiger partial charge in [-0.15, -0.1) is 0 Å². The van der Waals surface area contributed by atoms with Crippen molar-refractivity contribution in [2.75, 3.05) is 19.0 Å². The van der Waals surface area contributed by atoms with E-state index in [9.17, 15) is 14.4 Å². The van der Waals surface area contributed by atoms with Crippen LogP contribution >= 0.6 is 0 Å². The van der Waals surface area contributed by atoms with Crippen molar-refractivity contribution < 1.29 is 23.9 Å². The molecule has 2 aromatic rings. The Morgan fingerprint density at radius 3 is 2.31 bits per heavy atom. The molecule has 7 nitrogen and oxygen atoms in total. The number of hydrogen-bond donors (Lipinski definition) is 0. The molecule has 0 N–H and O–H groups in total. The third kappa shape index (κ3) is 7.06. The summed E-state index contributed by atoms with van der Waals surface area (Å²) in [5, 5.41) is 0. The molecule has 0 bridgehead atoms. The van der Waals surface area contributed by atoms with Gasteiger partial charge < -0.3 is 14.4 Å². The molecule has 1 atom stereocenters. The number of amides is 2. The van der Waals surface area contributed by atoms with Gasteiger partial charge in [0.05, 0.1) is 0 Å². The van der Waals surface area contributed by atoms with Gasteiger partial charge in [0.15, 0.2) is 0 Å². The van der Waals surface area contributed by atoms with Crippen molar-refractivity contribution in [2.24, 2.45) is 0 Å². The van der Waals surface area contributed by atoms with Gasteiger partial charge in [-0.25, -0.2) is 14.5 Å². The molecule has 35 heavy (non-hydrogen) atoms. The van der Waals surface area contributed by atoms with Crippen molar-refractivity contribution in [3.8, 4) is 0 Å².